The minimum Gasteiger partial charge on any atom is -0.452 e. The Balaban J connectivity index is 1.70. The van der Waals surface area contributed by atoms with Crippen LogP contribution in [0.3, 0.4) is 0 Å². The van der Waals surface area contributed by atoms with Gasteiger partial charge in [0.05, 0.1) is 0 Å². The van der Waals surface area contributed by atoms with Gasteiger partial charge in [-0.25, -0.2) is 4.79 Å². The first-order valence-corrected chi connectivity index (χ1v) is 9.04. The van der Waals surface area contributed by atoms with Crippen LogP contribution in [0.1, 0.15) is 51.9 Å². The molecule has 0 bridgehead atoms. The molecular formula is C15H24N2O4S. The van der Waals surface area contributed by atoms with E-state index in [1.54, 1.807) is 11.8 Å². The lowest BCUT2D eigenvalue weighted by atomic mass is 9.96. The molecule has 0 unspecified atom stereocenters. The number of amides is 3. The van der Waals surface area contributed by atoms with Crippen LogP contribution in [0.5, 0.6) is 0 Å². The fourth-order valence-corrected chi connectivity index (χ4v) is 3.89. The molecule has 2 N–H and O–H groups in total. The first kappa shape index (κ1) is 17.1. The van der Waals surface area contributed by atoms with Crippen LogP contribution in [0.25, 0.3) is 0 Å². The van der Waals surface area contributed by atoms with Crippen molar-refractivity contribution in [1.82, 2.24) is 10.6 Å². The highest BCUT2D eigenvalue weighted by Crippen LogP contribution is 2.27. The maximum absolute atomic E-state index is 11.9. The maximum atomic E-state index is 11.9. The van der Waals surface area contributed by atoms with Crippen LogP contribution in [0.15, 0.2) is 0 Å². The summed E-state index contributed by atoms with van der Waals surface area (Å²) in [4.78, 5) is 35.5. The summed E-state index contributed by atoms with van der Waals surface area (Å²) < 4.78 is 5.14. The Morgan fingerprint density at radius 1 is 1.09 bits per heavy atom. The molecule has 1 aliphatic carbocycles. The van der Waals surface area contributed by atoms with Gasteiger partial charge < -0.3 is 10.1 Å². The third-order valence-corrected chi connectivity index (χ3v) is 5.39. The van der Waals surface area contributed by atoms with E-state index in [0.29, 0.717) is 0 Å². The van der Waals surface area contributed by atoms with E-state index >= 15 is 0 Å². The smallest absolute Gasteiger partial charge is 0.321 e. The summed E-state index contributed by atoms with van der Waals surface area (Å²) in [6.45, 7) is 1.49. The molecule has 22 heavy (non-hydrogen) atoms. The van der Waals surface area contributed by atoms with Gasteiger partial charge in [0.2, 0.25) is 0 Å². The van der Waals surface area contributed by atoms with Crippen molar-refractivity contribution in [3.8, 4) is 0 Å². The summed E-state index contributed by atoms with van der Waals surface area (Å²) in [6.07, 6.45) is 6.14. The van der Waals surface area contributed by atoms with Gasteiger partial charge in [-0.05, 0) is 38.4 Å². The third kappa shape index (κ3) is 5.19. The van der Waals surface area contributed by atoms with E-state index in [9.17, 15) is 14.4 Å². The van der Waals surface area contributed by atoms with Crippen molar-refractivity contribution < 1.29 is 19.1 Å². The molecule has 2 rings (SSSR count). The lowest BCUT2D eigenvalue weighted by Gasteiger charge is -2.23. The lowest BCUT2D eigenvalue weighted by molar-refractivity contribution is -0.153. The second-order valence-electron chi connectivity index (χ2n) is 5.88. The molecule has 2 fully saturated rings. The molecule has 0 aromatic carbocycles. The molecule has 0 aromatic heterocycles. The van der Waals surface area contributed by atoms with E-state index < -0.39 is 18.0 Å². The standard InChI is InChI=1S/C15H24N2O4S/c1-10(21-14(19)12-8-5-9-22-12)13(18)17-15(20)16-11-6-3-2-4-7-11/h10-12H,2-9H2,1H3,(H2,16,17,18,20)/t10-,12-/m0/s1. The normalized spacial score (nSPS) is 23.6. The first-order valence-electron chi connectivity index (χ1n) is 7.99. The fraction of sp³-hybridized carbons (Fsp3) is 0.800. The van der Waals surface area contributed by atoms with E-state index in [-0.39, 0.29) is 17.3 Å². The predicted molar refractivity (Wildman–Crippen MR) is 84.6 cm³/mol. The number of rotatable bonds is 4. The molecule has 1 heterocycles. The number of carbonyl (C=O) groups is 3. The van der Waals surface area contributed by atoms with E-state index in [1.165, 1.54) is 13.3 Å². The zero-order valence-corrected chi connectivity index (χ0v) is 13.7. The topological polar surface area (TPSA) is 84.5 Å². The highest BCUT2D eigenvalue weighted by molar-refractivity contribution is 8.00. The first-order chi connectivity index (χ1) is 10.6. The van der Waals surface area contributed by atoms with Gasteiger partial charge in [-0.1, -0.05) is 19.3 Å². The van der Waals surface area contributed by atoms with Crippen LogP contribution < -0.4 is 10.6 Å². The van der Waals surface area contributed by atoms with E-state index in [4.69, 9.17) is 4.74 Å². The predicted octanol–water partition coefficient (Wildman–Crippen LogP) is 1.97. The fourth-order valence-electron chi connectivity index (χ4n) is 2.75. The third-order valence-electron chi connectivity index (χ3n) is 4.03. The van der Waals surface area contributed by atoms with Gasteiger partial charge in [0, 0.05) is 6.04 Å². The summed E-state index contributed by atoms with van der Waals surface area (Å²) in [5, 5.41) is 4.87. The molecule has 6 nitrogen and oxygen atoms in total. The van der Waals surface area contributed by atoms with Crippen molar-refractivity contribution in [3.63, 3.8) is 0 Å². The van der Waals surface area contributed by atoms with Gasteiger partial charge in [-0.15, -0.1) is 11.8 Å². The summed E-state index contributed by atoms with van der Waals surface area (Å²) in [7, 11) is 0. The van der Waals surface area contributed by atoms with Gasteiger partial charge in [0.15, 0.2) is 6.10 Å². The molecule has 7 heteroatoms. The van der Waals surface area contributed by atoms with Crippen LogP contribution in [0.4, 0.5) is 4.79 Å². The number of carbonyl (C=O) groups excluding carboxylic acids is 3. The van der Waals surface area contributed by atoms with Crippen molar-refractivity contribution in [2.24, 2.45) is 0 Å². The molecule has 2 atom stereocenters. The molecule has 1 saturated carbocycles. The maximum Gasteiger partial charge on any atom is 0.321 e. The van der Waals surface area contributed by atoms with Gasteiger partial charge in [-0.2, -0.15) is 0 Å². The van der Waals surface area contributed by atoms with Crippen LogP contribution in [-0.4, -0.2) is 41.1 Å². The summed E-state index contributed by atoms with van der Waals surface area (Å²) in [5.74, 6) is 0.00642. The van der Waals surface area contributed by atoms with Crippen LogP contribution in [0.2, 0.25) is 0 Å². The number of imide groups is 1. The van der Waals surface area contributed by atoms with Crippen LogP contribution in [-0.2, 0) is 14.3 Å². The summed E-state index contributed by atoms with van der Waals surface area (Å²) >= 11 is 1.56. The number of urea groups is 1. The van der Waals surface area contributed by atoms with Gasteiger partial charge >= 0.3 is 12.0 Å². The lowest BCUT2D eigenvalue weighted by Crippen LogP contribution is -2.48. The minimum absolute atomic E-state index is 0.134. The van der Waals surface area contributed by atoms with Gasteiger partial charge in [0.25, 0.3) is 5.91 Å². The summed E-state index contributed by atoms with van der Waals surface area (Å²) in [5.41, 5.74) is 0. The van der Waals surface area contributed by atoms with E-state index in [0.717, 1.165) is 44.3 Å². The largest absolute Gasteiger partial charge is 0.452 e. The Labute approximate surface area is 135 Å². The number of hydrogen-bond donors (Lipinski definition) is 2. The second-order valence-corrected chi connectivity index (χ2v) is 7.19. The molecule has 0 spiro atoms. The van der Waals surface area contributed by atoms with Crippen molar-refractivity contribution in [1.29, 1.82) is 0 Å². The number of nitrogens with one attached hydrogen (secondary N) is 2. The number of ether oxygens (including phenoxy) is 1. The zero-order chi connectivity index (χ0) is 15.9. The molecule has 1 saturated heterocycles. The average Bonchev–Trinajstić information content (AvgIpc) is 3.02. The highest BCUT2D eigenvalue weighted by atomic mass is 32.2. The molecular weight excluding hydrogens is 304 g/mol. The molecule has 0 radical (unpaired) electrons. The average molecular weight is 328 g/mol. The van der Waals surface area contributed by atoms with Crippen molar-refractivity contribution in [2.75, 3.05) is 5.75 Å². The molecule has 124 valence electrons. The van der Waals surface area contributed by atoms with E-state index in [2.05, 4.69) is 10.6 Å². The number of esters is 1. The number of thioether (sulfide) groups is 1. The summed E-state index contributed by atoms with van der Waals surface area (Å²) in [6, 6.07) is -0.371. The Bertz CT molecular complexity index is 418. The Morgan fingerprint density at radius 3 is 2.45 bits per heavy atom. The molecule has 0 aromatic rings. The zero-order valence-electron chi connectivity index (χ0n) is 12.9. The SMILES string of the molecule is C[C@H](OC(=O)[C@@H]1CCCS1)C(=O)NC(=O)NC1CCCCC1. The van der Waals surface area contributed by atoms with Crippen LogP contribution >= 0.6 is 11.8 Å². The quantitative estimate of drug-likeness (QED) is 0.771. The monoisotopic (exact) mass is 328 g/mol. The minimum atomic E-state index is -0.953. The van der Waals surface area contributed by atoms with E-state index in [1.807, 2.05) is 0 Å². The Hall–Kier alpha value is -1.24. The second kappa shape index (κ2) is 8.41. The molecule has 2 aliphatic rings. The van der Waals surface area contributed by atoms with Crippen molar-refractivity contribution >= 4 is 29.7 Å². The Morgan fingerprint density at radius 2 is 1.82 bits per heavy atom. The highest BCUT2D eigenvalue weighted by Gasteiger charge is 2.28. The Kier molecular flexibility index (Phi) is 6.54. The molecule has 3 amide bonds. The van der Waals surface area contributed by atoms with Gasteiger partial charge in [0.1, 0.15) is 5.25 Å². The van der Waals surface area contributed by atoms with Gasteiger partial charge in [-0.3, -0.25) is 14.9 Å². The van der Waals surface area contributed by atoms with Crippen molar-refractivity contribution in [2.45, 2.75) is 69.3 Å². The number of hydrogen-bond acceptors (Lipinski definition) is 5. The van der Waals surface area contributed by atoms with Crippen molar-refractivity contribution in [3.05, 3.63) is 0 Å². The van der Waals surface area contributed by atoms with Crippen LogP contribution in [0, 0.1) is 0 Å². The molecule has 1 aliphatic heterocycles.